The van der Waals surface area contributed by atoms with Crippen LogP contribution in [0.25, 0.3) is 0 Å². The van der Waals surface area contributed by atoms with Gasteiger partial charge < -0.3 is 5.32 Å². The molecule has 2 bridgehead atoms. The van der Waals surface area contributed by atoms with Crippen molar-refractivity contribution < 1.29 is 22.8 Å². The topological polar surface area (TPSA) is 138 Å². The molecule has 2 N–H and O–H groups in total. The van der Waals surface area contributed by atoms with Gasteiger partial charge in [0.2, 0.25) is 23.7 Å². The van der Waals surface area contributed by atoms with Crippen molar-refractivity contribution in [1.29, 1.82) is 0 Å². The molecule has 2 atom stereocenters. The molecule has 4 rings (SSSR count). The third-order valence-corrected chi connectivity index (χ3v) is 9.29. The van der Waals surface area contributed by atoms with Crippen LogP contribution in [0.4, 0.5) is 11.6 Å². The van der Waals surface area contributed by atoms with Gasteiger partial charge in [-0.1, -0.05) is 20.8 Å². The zero-order valence-electron chi connectivity index (χ0n) is 21.8. The number of anilines is 2. The van der Waals surface area contributed by atoms with Gasteiger partial charge in [0.15, 0.2) is 0 Å². The molecule has 11 heteroatoms. The van der Waals surface area contributed by atoms with Crippen molar-refractivity contribution in [2.75, 3.05) is 16.6 Å². The molecule has 1 aromatic carbocycles. The number of imide groups is 1. The van der Waals surface area contributed by atoms with Gasteiger partial charge in [-0.15, -0.1) is 0 Å². The maximum atomic E-state index is 13.1. The first-order valence-corrected chi connectivity index (χ1v) is 13.8. The summed E-state index contributed by atoms with van der Waals surface area (Å²) >= 11 is 0. The lowest BCUT2D eigenvalue weighted by Gasteiger charge is -2.47. The van der Waals surface area contributed by atoms with E-state index in [0.717, 1.165) is 0 Å². The maximum absolute atomic E-state index is 13.1. The molecule has 198 valence electrons. The second-order valence-electron chi connectivity index (χ2n) is 10.7. The fourth-order valence-corrected chi connectivity index (χ4v) is 6.35. The first-order chi connectivity index (χ1) is 17.2. The zero-order chi connectivity index (χ0) is 27.2. The summed E-state index contributed by atoms with van der Waals surface area (Å²) < 4.78 is 27.7. The van der Waals surface area contributed by atoms with Crippen molar-refractivity contribution in [2.45, 2.75) is 65.2 Å². The number of piperidine rings is 1. The zero-order valence-corrected chi connectivity index (χ0v) is 22.6. The number of amides is 3. The molecular formula is C26H33N5O5S. The van der Waals surface area contributed by atoms with Crippen LogP contribution in [0.1, 0.15) is 57.8 Å². The summed E-state index contributed by atoms with van der Waals surface area (Å²) in [5.41, 5.74) is 0.792. The Labute approximate surface area is 217 Å². The molecule has 0 radical (unpaired) electrons. The van der Waals surface area contributed by atoms with E-state index in [1.165, 1.54) is 29.2 Å². The minimum Gasteiger partial charge on any atom is -0.326 e. The van der Waals surface area contributed by atoms with Crippen LogP contribution in [-0.2, 0) is 24.4 Å². The Morgan fingerprint density at radius 2 is 1.70 bits per heavy atom. The van der Waals surface area contributed by atoms with E-state index in [2.05, 4.69) is 20.0 Å². The standard InChI is InChI=1S/C26H33N5O5S/c1-16-15-17(2)28-24(27-16)30-37(35,36)19-10-8-18(9-11-19)29-21(32)7-6-14-31-22(33)20-12-13-26(5,23(31)34)25(20,3)4/h8-11,15,20H,6-7,12-14H2,1-5H3,(H,29,32)(H,27,28,30). The van der Waals surface area contributed by atoms with Gasteiger partial charge in [0.1, 0.15) is 0 Å². The van der Waals surface area contributed by atoms with E-state index in [9.17, 15) is 22.8 Å². The molecule has 2 aromatic rings. The number of hydrogen-bond acceptors (Lipinski definition) is 7. The Morgan fingerprint density at radius 1 is 1.08 bits per heavy atom. The fraction of sp³-hybridized carbons (Fsp3) is 0.500. The lowest BCUT2D eigenvalue weighted by Crippen LogP contribution is -2.59. The number of nitrogens with zero attached hydrogens (tertiary/aromatic N) is 3. The monoisotopic (exact) mass is 527 g/mol. The lowest BCUT2D eigenvalue weighted by molar-refractivity contribution is -0.168. The average molecular weight is 528 g/mol. The Bertz CT molecular complexity index is 1340. The number of carbonyl (C=O) groups is 3. The Hall–Kier alpha value is -3.34. The first kappa shape index (κ1) is 26.7. The van der Waals surface area contributed by atoms with Crippen molar-refractivity contribution in [2.24, 2.45) is 16.7 Å². The number of aryl methyl sites for hydroxylation is 2. The van der Waals surface area contributed by atoms with Crippen LogP contribution in [0.3, 0.4) is 0 Å². The van der Waals surface area contributed by atoms with Crippen LogP contribution in [0.2, 0.25) is 0 Å². The molecule has 1 saturated carbocycles. The summed E-state index contributed by atoms with van der Waals surface area (Å²) in [4.78, 5) is 48.0. The number of likely N-dealkylation sites (tertiary alicyclic amines) is 1. The van der Waals surface area contributed by atoms with Crippen LogP contribution in [0.15, 0.2) is 35.2 Å². The molecule has 2 aliphatic rings. The minimum absolute atomic E-state index is 0.00132. The van der Waals surface area contributed by atoms with E-state index in [4.69, 9.17) is 0 Å². The molecule has 1 aliphatic heterocycles. The summed E-state index contributed by atoms with van der Waals surface area (Å²) in [7, 11) is -3.90. The van der Waals surface area contributed by atoms with Gasteiger partial charge in [-0.25, -0.2) is 23.1 Å². The third kappa shape index (κ3) is 4.96. The molecule has 2 fully saturated rings. The normalized spacial score (nSPS) is 22.7. The van der Waals surface area contributed by atoms with E-state index in [-0.39, 0.29) is 52.9 Å². The maximum Gasteiger partial charge on any atom is 0.264 e. The van der Waals surface area contributed by atoms with Gasteiger partial charge in [-0.3, -0.25) is 19.3 Å². The van der Waals surface area contributed by atoms with Gasteiger partial charge in [-0.2, -0.15) is 0 Å². The summed E-state index contributed by atoms with van der Waals surface area (Å²) in [6.45, 7) is 9.63. The van der Waals surface area contributed by atoms with Gasteiger partial charge in [0.05, 0.1) is 10.3 Å². The smallest absolute Gasteiger partial charge is 0.264 e. The largest absolute Gasteiger partial charge is 0.326 e. The molecular weight excluding hydrogens is 494 g/mol. The van der Waals surface area contributed by atoms with Crippen LogP contribution in [-0.4, -0.2) is 47.6 Å². The summed E-state index contributed by atoms with van der Waals surface area (Å²) in [6.07, 6.45) is 1.88. The molecule has 1 saturated heterocycles. The van der Waals surface area contributed by atoms with Crippen molar-refractivity contribution in [1.82, 2.24) is 14.9 Å². The van der Waals surface area contributed by atoms with Crippen LogP contribution < -0.4 is 10.0 Å². The predicted octanol–water partition coefficient (Wildman–Crippen LogP) is 3.42. The van der Waals surface area contributed by atoms with Crippen LogP contribution in [0, 0.1) is 30.6 Å². The number of hydrogen-bond donors (Lipinski definition) is 2. The number of fused-ring (bicyclic) bond motifs is 2. The summed E-state index contributed by atoms with van der Waals surface area (Å²) in [6, 6.07) is 7.48. The minimum atomic E-state index is -3.90. The van der Waals surface area contributed by atoms with E-state index in [1.807, 2.05) is 20.8 Å². The van der Waals surface area contributed by atoms with Gasteiger partial charge in [-0.05, 0) is 68.9 Å². The number of aromatic nitrogens is 2. The van der Waals surface area contributed by atoms with Gasteiger partial charge >= 0.3 is 0 Å². The Balaban J connectivity index is 1.31. The molecule has 1 aliphatic carbocycles. The molecule has 1 aromatic heterocycles. The summed E-state index contributed by atoms with van der Waals surface area (Å²) in [5.74, 6) is -0.750. The Kier molecular flexibility index (Phi) is 6.87. The molecule has 3 amide bonds. The van der Waals surface area contributed by atoms with E-state index in [1.54, 1.807) is 19.9 Å². The molecule has 10 nitrogen and oxygen atoms in total. The highest BCUT2D eigenvalue weighted by molar-refractivity contribution is 7.92. The van der Waals surface area contributed by atoms with Crippen LogP contribution >= 0.6 is 0 Å². The molecule has 0 spiro atoms. The number of sulfonamides is 1. The average Bonchev–Trinajstić information content (AvgIpc) is 2.98. The SMILES string of the molecule is Cc1cc(C)nc(NS(=O)(=O)c2ccc(NC(=O)CCCN3C(=O)C4CCC(C)(C3=O)C4(C)C)cc2)n1. The molecule has 2 heterocycles. The summed E-state index contributed by atoms with van der Waals surface area (Å²) in [5, 5.41) is 2.73. The molecule has 2 unspecified atom stereocenters. The highest BCUT2D eigenvalue weighted by Gasteiger charge is 2.64. The van der Waals surface area contributed by atoms with Crippen molar-refractivity contribution in [3.8, 4) is 0 Å². The second-order valence-corrected chi connectivity index (χ2v) is 12.4. The van der Waals surface area contributed by atoms with Gasteiger partial charge in [0.25, 0.3) is 10.0 Å². The van der Waals surface area contributed by atoms with Crippen molar-refractivity contribution in [3.63, 3.8) is 0 Å². The second kappa shape index (κ2) is 9.51. The number of carbonyl (C=O) groups excluding carboxylic acids is 3. The van der Waals surface area contributed by atoms with E-state index in [0.29, 0.717) is 36.3 Å². The van der Waals surface area contributed by atoms with Gasteiger partial charge in [0, 0.05) is 36.0 Å². The highest BCUT2D eigenvalue weighted by Crippen LogP contribution is 2.60. The Morgan fingerprint density at radius 3 is 2.32 bits per heavy atom. The fourth-order valence-electron chi connectivity index (χ4n) is 5.40. The highest BCUT2D eigenvalue weighted by atomic mass is 32.2. The van der Waals surface area contributed by atoms with Crippen molar-refractivity contribution in [3.05, 3.63) is 41.7 Å². The molecule has 37 heavy (non-hydrogen) atoms. The quantitative estimate of drug-likeness (QED) is 0.502. The van der Waals surface area contributed by atoms with Crippen molar-refractivity contribution >= 4 is 39.4 Å². The van der Waals surface area contributed by atoms with E-state index < -0.39 is 15.4 Å². The third-order valence-electron chi connectivity index (χ3n) is 7.95. The number of benzene rings is 1. The number of rotatable bonds is 8. The van der Waals surface area contributed by atoms with Crippen LogP contribution in [0.5, 0.6) is 0 Å². The predicted molar refractivity (Wildman–Crippen MR) is 138 cm³/mol. The first-order valence-electron chi connectivity index (χ1n) is 12.4. The van der Waals surface area contributed by atoms with E-state index >= 15 is 0 Å². The number of nitrogens with one attached hydrogen (secondary N) is 2. The lowest BCUT2D eigenvalue weighted by atomic mass is 9.62.